The van der Waals surface area contributed by atoms with E-state index in [0.29, 0.717) is 12.1 Å². The van der Waals surface area contributed by atoms with E-state index in [4.69, 9.17) is 5.26 Å². The molecule has 2 aromatic rings. The predicted octanol–water partition coefficient (Wildman–Crippen LogP) is 2.56. The fourth-order valence-corrected chi connectivity index (χ4v) is 4.41. The third-order valence-electron chi connectivity index (χ3n) is 5.10. The van der Waals surface area contributed by atoms with E-state index >= 15 is 0 Å². The highest BCUT2D eigenvalue weighted by atomic mass is 32.2. The van der Waals surface area contributed by atoms with E-state index < -0.39 is 10.0 Å². The van der Waals surface area contributed by atoms with Gasteiger partial charge in [-0.25, -0.2) is 13.1 Å². The minimum atomic E-state index is -3.69. The van der Waals surface area contributed by atoms with Gasteiger partial charge in [0.25, 0.3) is 5.91 Å². The number of rotatable bonds is 12. The Morgan fingerprint density at radius 1 is 1.06 bits per heavy atom. The quantitative estimate of drug-likeness (QED) is 0.492. The molecule has 0 fully saturated rings. The third kappa shape index (κ3) is 7.47. The monoisotopic (exact) mass is 442 g/mol. The molecule has 0 bridgehead atoms. The van der Waals surface area contributed by atoms with Gasteiger partial charge in [0, 0.05) is 31.1 Å². The number of hydrogen-bond acceptors (Lipinski definition) is 5. The average Bonchev–Trinajstić information content (AvgIpc) is 2.78. The van der Waals surface area contributed by atoms with E-state index in [1.807, 2.05) is 24.3 Å². The lowest BCUT2D eigenvalue weighted by atomic mass is 10.0. The summed E-state index contributed by atoms with van der Waals surface area (Å²) in [6, 6.07) is 18.0. The molecule has 1 atom stereocenters. The summed E-state index contributed by atoms with van der Waals surface area (Å²) in [7, 11) is -3.69. The van der Waals surface area contributed by atoms with Gasteiger partial charge < -0.3 is 5.32 Å². The normalized spacial score (nSPS) is 12.3. The molecule has 2 aromatic carbocycles. The Labute approximate surface area is 185 Å². The molecule has 166 valence electrons. The van der Waals surface area contributed by atoms with Crippen molar-refractivity contribution in [2.45, 2.75) is 37.6 Å². The van der Waals surface area contributed by atoms with Crippen LogP contribution < -0.4 is 10.0 Å². The Hall–Kier alpha value is -2.73. The molecule has 0 radical (unpaired) electrons. The number of nitrogens with one attached hydrogen (secondary N) is 2. The summed E-state index contributed by atoms with van der Waals surface area (Å²) in [5, 5.41) is 11.5. The molecular weight excluding hydrogens is 412 g/mol. The molecule has 31 heavy (non-hydrogen) atoms. The molecule has 7 nitrogen and oxygen atoms in total. The summed E-state index contributed by atoms with van der Waals surface area (Å²) in [6.07, 6.45) is 0.921. The number of nitriles is 1. The second-order valence-corrected chi connectivity index (χ2v) is 8.87. The first kappa shape index (κ1) is 24.5. The zero-order valence-corrected chi connectivity index (χ0v) is 18.9. The SMILES string of the molecule is CCN(CC)C(CNC(=O)c1ccc(S(=O)(=O)NCCC#N)cc1)Cc1ccccc1. The first-order valence-electron chi connectivity index (χ1n) is 10.4. The predicted molar refractivity (Wildman–Crippen MR) is 121 cm³/mol. The Morgan fingerprint density at radius 2 is 1.71 bits per heavy atom. The number of nitrogens with zero attached hydrogens (tertiary/aromatic N) is 2. The Kier molecular flexibility index (Phi) is 9.66. The van der Waals surface area contributed by atoms with Crippen LogP contribution in [0.25, 0.3) is 0 Å². The lowest BCUT2D eigenvalue weighted by molar-refractivity contribution is 0.0934. The molecular formula is C23H30N4O3S. The van der Waals surface area contributed by atoms with Crippen LogP contribution in [-0.2, 0) is 16.4 Å². The van der Waals surface area contributed by atoms with Crippen molar-refractivity contribution in [1.82, 2.24) is 14.9 Å². The summed E-state index contributed by atoms with van der Waals surface area (Å²) in [6.45, 7) is 6.52. The lowest BCUT2D eigenvalue weighted by Gasteiger charge is -2.30. The molecule has 0 spiro atoms. The van der Waals surface area contributed by atoms with Crippen LogP contribution in [0.2, 0.25) is 0 Å². The third-order valence-corrected chi connectivity index (χ3v) is 6.57. The molecule has 0 aromatic heterocycles. The molecule has 0 saturated carbocycles. The van der Waals surface area contributed by atoms with E-state index in [9.17, 15) is 13.2 Å². The van der Waals surface area contributed by atoms with Crippen molar-refractivity contribution in [3.63, 3.8) is 0 Å². The Balaban J connectivity index is 2.02. The maximum Gasteiger partial charge on any atom is 0.251 e. The average molecular weight is 443 g/mol. The van der Waals surface area contributed by atoms with E-state index in [2.05, 4.69) is 40.9 Å². The molecule has 0 heterocycles. The smallest absolute Gasteiger partial charge is 0.251 e. The van der Waals surface area contributed by atoms with Crippen molar-refractivity contribution < 1.29 is 13.2 Å². The number of amides is 1. The number of hydrogen-bond donors (Lipinski definition) is 2. The number of benzene rings is 2. The minimum Gasteiger partial charge on any atom is -0.350 e. The molecule has 0 aliphatic rings. The van der Waals surface area contributed by atoms with Gasteiger partial charge in [0.2, 0.25) is 10.0 Å². The maximum atomic E-state index is 12.6. The molecule has 0 aliphatic carbocycles. The summed E-state index contributed by atoms with van der Waals surface area (Å²) in [4.78, 5) is 15.0. The summed E-state index contributed by atoms with van der Waals surface area (Å²) < 4.78 is 26.7. The van der Waals surface area contributed by atoms with Crippen LogP contribution in [-0.4, -0.2) is 51.4 Å². The van der Waals surface area contributed by atoms with E-state index in [1.54, 1.807) is 0 Å². The van der Waals surface area contributed by atoms with Crippen LogP contribution >= 0.6 is 0 Å². The highest BCUT2D eigenvalue weighted by molar-refractivity contribution is 7.89. The number of carbonyl (C=O) groups is 1. The highest BCUT2D eigenvalue weighted by Crippen LogP contribution is 2.12. The van der Waals surface area contributed by atoms with Gasteiger partial charge >= 0.3 is 0 Å². The number of likely N-dealkylation sites (N-methyl/N-ethyl adjacent to an activating group) is 1. The minimum absolute atomic E-state index is 0.0508. The fourth-order valence-electron chi connectivity index (χ4n) is 3.38. The second kappa shape index (κ2) is 12.2. The van der Waals surface area contributed by atoms with Gasteiger partial charge in [-0.1, -0.05) is 44.2 Å². The fraction of sp³-hybridized carbons (Fsp3) is 0.391. The molecule has 2 N–H and O–H groups in total. The first-order valence-corrected chi connectivity index (χ1v) is 11.9. The topological polar surface area (TPSA) is 102 Å². The van der Waals surface area contributed by atoms with Gasteiger partial charge in [0.15, 0.2) is 0 Å². The molecule has 2 rings (SSSR count). The summed E-state index contributed by atoms with van der Waals surface area (Å²) >= 11 is 0. The highest BCUT2D eigenvalue weighted by Gasteiger charge is 2.19. The first-order chi connectivity index (χ1) is 14.9. The standard InChI is InChI=1S/C23H30N4O3S/c1-3-27(4-2)21(17-19-9-6-5-7-10-19)18-25-23(28)20-11-13-22(14-12-20)31(29,30)26-16-8-15-24/h5-7,9-14,21,26H,3-4,8,16-18H2,1-2H3,(H,25,28). The largest absolute Gasteiger partial charge is 0.350 e. The zero-order valence-electron chi connectivity index (χ0n) is 18.0. The van der Waals surface area contributed by atoms with Crippen LogP contribution in [0.5, 0.6) is 0 Å². The van der Waals surface area contributed by atoms with Gasteiger partial charge in [-0.15, -0.1) is 0 Å². The Bertz CT molecular complexity index is 966. The maximum absolute atomic E-state index is 12.6. The molecule has 8 heteroatoms. The van der Waals surface area contributed by atoms with Crippen LogP contribution in [0.1, 0.15) is 36.2 Å². The van der Waals surface area contributed by atoms with Gasteiger partial charge in [-0.05, 0) is 49.3 Å². The molecule has 1 unspecified atom stereocenters. The van der Waals surface area contributed by atoms with E-state index in [1.165, 1.54) is 29.8 Å². The Morgan fingerprint density at radius 3 is 2.29 bits per heavy atom. The number of sulfonamides is 1. The van der Waals surface area contributed by atoms with E-state index in [-0.39, 0.29) is 29.8 Å². The van der Waals surface area contributed by atoms with Crippen molar-refractivity contribution in [1.29, 1.82) is 5.26 Å². The van der Waals surface area contributed by atoms with Crippen molar-refractivity contribution in [3.05, 3.63) is 65.7 Å². The molecule has 0 saturated heterocycles. The van der Waals surface area contributed by atoms with Crippen LogP contribution in [0.15, 0.2) is 59.5 Å². The van der Waals surface area contributed by atoms with Crippen molar-refractivity contribution in [3.8, 4) is 6.07 Å². The van der Waals surface area contributed by atoms with E-state index in [0.717, 1.165) is 19.5 Å². The van der Waals surface area contributed by atoms with Crippen LogP contribution in [0.3, 0.4) is 0 Å². The van der Waals surface area contributed by atoms with Crippen LogP contribution in [0, 0.1) is 11.3 Å². The van der Waals surface area contributed by atoms with Gasteiger partial charge in [-0.2, -0.15) is 5.26 Å². The second-order valence-electron chi connectivity index (χ2n) is 7.11. The lowest BCUT2D eigenvalue weighted by Crippen LogP contribution is -2.45. The van der Waals surface area contributed by atoms with Gasteiger partial charge in [0.05, 0.1) is 11.0 Å². The van der Waals surface area contributed by atoms with Gasteiger partial charge in [-0.3, -0.25) is 9.69 Å². The molecule has 1 amide bonds. The van der Waals surface area contributed by atoms with Gasteiger partial charge in [0.1, 0.15) is 0 Å². The molecule has 0 aliphatic heterocycles. The summed E-state index contributed by atoms with van der Waals surface area (Å²) in [5.74, 6) is -0.244. The van der Waals surface area contributed by atoms with Crippen molar-refractivity contribution >= 4 is 15.9 Å². The van der Waals surface area contributed by atoms with Crippen molar-refractivity contribution in [2.24, 2.45) is 0 Å². The van der Waals surface area contributed by atoms with Crippen molar-refractivity contribution in [2.75, 3.05) is 26.2 Å². The van der Waals surface area contributed by atoms with Crippen LogP contribution in [0.4, 0.5) is 0 Å². The zero-order chi connectivity index (χ0) is 22.7. The summed E-state index contributed by atoms with van der Waals surface area (Å²) in [5.41, 5.74) is 1.61. The number of carbonyl (C=O) groups excluding carboxylic acids is 1.